The number of unbranched alkanes of at least 4 members (excludes halogenated alkanes) is 3. The van der Waals surface area contributed by atoms with Gasteiger partial charge in [0.15, 0.2) is 11.5 Å². The predicted molar refractivity (Wildman–Crippen MR) is 94.2 cm³/mol. The minimum atomic E-state index is -0.196. The van der Waals surface area contributed by atoms with E-state index in [9.17, 15) is 9.59 Å². The van der Waals surface area contributed by atoms with E-state index in [2.05, 4.69) is 14.7 Å². The first-order valence-corrected chi connectivity index (χ1v) is 8.33. The van der Waals surface area contributed by atoms with E-state index in [1.165, 1.54) is 14.2 Å². The zero-order valence-electron chi connectivity index (χ0n) is 14.9. The Morgan fingerprint density at radius 2 is 1.88 bits per heavy atom. The van der Waals surface area contributed by atoms with E-state index < -0.39 is 0 Å². The number of aromatic nitrogens is 2. The third kappa shape index (κ3) is 5.20. The molecule has 25 heavy (non-hydrogen) atoms. The zero-order chi connectivity index (χ0) is 18.2. The Labute approximate surface area is 146 Å². The number of carbonyl (C=O) groups excluding carboxylic acids is 1. The second-order valence-corrected chi connectivity index (χ2v) is 5.76. The number of nitrogens with zero attached hydrogens (tertiary/aromatic N) is 1. The average molecular weight is 348 g/mol. The fraction of sp³-hybridized carbons (Fsp3) is 0.500. The van der Waals surface area contributed by atoms with Crippen LogP contribution < -0.4 is 15.0 Å². The molecule has 0 saturated heterocycles. The molecule has 1 N–H and O–H groups in total. The Balaban J connectivity index is 1.92. The largest absolute Gasteiger partial charge is 0.493 e. The quantitative estimate of drug-likeness (QED) is 0.553. The van der Waals surface area contributed by atoms with E-state index in [4.69, 9.17) is 9.47 Å². The fourth-order valence-electron chi connectivity index (χ4n) is 2.55. The Morgan fingerprint density at radius 1 is 1.12 bits per heavy atom. The topological polar surface area (TPSA) is 90.5 Å². The monoisotopic (exact) mass is 348 g/mol. The molecule has 0 amide bonds. The van der Waals surface area contributed by atoms with Gasteiger partial charge < -0.3 is 19.2 Å². The summed E-state index contributed by atoms with van der Waals surface area (Å²) in [4.78, 5) is 30.0. The van der Waals surface area contributed by atoms with Gasteiger partial charge in [0.2, 0.25) is 0 Å². The van der Waals surface area contributed by atoms with Crippen LogP contribution in [0.4, 0.5) is 0 Å². The lowest BCUT2D eigenvalue weighted by atomic mass is 10.1. The zero-order valence-corrected chi connectivity index (χ0v) is 14.9. The highest BCUT2D eigenvalue weighted by atomic mass is 16.5. The van der Waals surface area contributed by atoms with Crippen molar-refractivity contribution < 1.29 is 19.0 Å². The molecule has 0 aliphatic heterocycles. The molecule has 2 aromatic rings. The minimum absolute atomic E-state index is 0.171. The summed E-state index contributed by atoms with van der Waals surface area (Å²) in [7, 11) is 2.94. The van der Waals surface area contributed by atoms with Crippen molar-refractivity contribution in [1.29, 1.82) is 0 Å². The van der Waals surface area contributed by atoms with Gasteiger partial charge in [0, 0.05) is 12.5 Å². The van der Waals surface area contributed by atoms with Gasteiger partial charge in [-0.3, -0.25) is 9.59 Å². The number of aryl methyl sites for hydroxylation is 1. The van der Waals surface area contributed by atoms with E-state index in [1.807, 2.05) is 0 Å². The van der Waals surface area contributed by atoms with Gasteiger partial charge in [-0.2, -0.15) is 0 Å². The number of nitrogens with one attached hydrogen (secondary N) is 1. The number of rotatable bonds is 9. The number of ether oxygens (including phenoxy) is 3. The number of benzene rings is 1. The van der Waals surface area contributed by atoms with Crippen LogP contribution in [0.15, 0.2) is 16.9 Å². The van der Waals surface area contributed by atoms with Crippen molar-refractivity contribution in [2.45, 2.75) is 39.0 Å². The molecule has 2 rings (SSSR count). The van der Waals surface area contributed by atoms with Crippen LogP contribution in [-0.2, 0) is 9.53 Å². The summed E-state index contributed by atoms with van der Waals surface area (Å²) in [5.74, 6) is 1.46. The molecule has 136 valence electrons. The van der Waals surface area contributed by atoms with Gasteiger partial charge >= 0.3 is 5.97 Å². The molecule has 0 radical (unpaired) electrons. The summed E-state index contributed by atoms with van der Waals surface area (Å²) in [6.45, 7) is 2.27. The van der Waals surface area contributed by atoms with Crippen molar-refractivity contribution in [3.63, 3.8) is 0 Å². The summed E-state index contributed by atoms with van der Waals surface area (Å²) in [6, 6.07) is 3.37. The minimum Gasteiger partial charge on any atom is -0.493 e. The number of carbonyl (C=O) groups is 1. The highest BCUT2D eigenvalue weighted by Gasteiger charge is 2.11. The van der Waals surface area contributed by atoms with E-state index >= 15 is 0 Å². The molecule has 0 aliphatic rings. The Hall–Kier alpha value is -2.57. The highest BCUT2D eigenvalue weighted by Crippen LogP contribution is 2.30. The molecule has 7 nitrogen and oxygen atoms in total. The van der Waals surface area contributed by atoms with Gasteiger partial charge in [-0.25, -0.2) is 4.98 Å². The molecule has 0 aliphatic carbocycles. The summed E-state index contributed by atoms with van der Waals surface area (Å²) in [5, 5.41) is 0.470. The van der Waals surface area contributed by atoms with Crippen LogP contribution in [-0.4, -0.2) is 36.8 Å². The lowest BCUT2D eigenvalue weighted by molar-refractivity contribution is -0.140. The van der Waals surface area contributed by atoms with E-state index in [1.54, 1.807) is 19.1 Å². The van der Waals surface area contributed by atoms with Gasteiger partial charge in [0.25, 0.3) is 5.56 Å². The molecule has 7 heteroatoms. The molecule has 0 unspecified atom stereocenters. The first kappa shape index (κ1) is 18.8. The second kappa shape index (κ2) is 9.05. The second-order valence-electron chi connectivity index (χ2n) is 5.76. The Kier molecular flexibility index (Phi) is 6.80. The van der Waals surface area contributed by atoms with Crippen molar-refractivity contribution in [1.82, 2.24) is 9.97 Å². The smallest absolute Gasteiger partial charge is 0.305 e. The molecule has 1 heterocycles. The number of fused-ring (bicyclic) bond motifs is 1. The molecule has 0 saturated carbocycles. The first-order chi connectivity index (χ1) is 12.0. The maximum atomic E-state index is 12.0. The number of H-pyrrole nitrogens is 1. The van der Waals surface area contributed by atoms with E-state index in [0.717, 1.165) is 25.7 Å². The average Bonchev–Trinajstić information content (AvgIpc) is 2.59. The fourth-order valence-corrected chi connectivity index (χ4v) is 2.55. The molecule has 0 spiro atoms. The van der Waals surface area contributed by atoms with Crippen LogP contribution in [0.2, 0.25) is 0 Å². The lowest BCUT2D eigenvalue weighted by Gasteiger charge is -2.12. The van der Waals surface area contributed by atoms with Crippen LogP contribution in [0.3, 0.4) is 0 Å². The van der Waals surface area contributed by atoms with Gasteiger partial charge in [-0.1, -0.05) is 12.8 Å². The maximum Gasteiger partial charge on any atom is 0.305 e. The van der Waals surface area contributed by atoms with Crippen LogP contribution in [0.1, 0.15) is 37.9 Å². The maximum absolute atomic E-state index is 12.0. The molecule has 0 fully saturated rings. The highest BCUT2D eigenvalue weighted by molar-refractivity contribution is 5.81. The van der Waals surface area contributed by atoms with E-state index in [-0.39, 0.29) is 11.5 Å². The summed E-state index contributed by atoms with van der Waals surface area (Å²) >= 11 is 0. The molecule has 1 aromatic carbocycles. The molecular weight excluding hydrogens is 324 g/mol. The summed E-state index contributed by atoms with van der Waals surface area (Å²) < 4.78 is 15.7. The van der Waals surface area contributed by atoms with Gasteiger partial charge in [-0.05, 0) is 25.8 Å². The van der Waals surface area contributed by atoms with Crippen LogP contribution in [0.5, 0.6) is 11.5 Å². The molecular formula is C18H24N2O5. The normalized spacial score (nSPS) is 10.7. The number of hydrogen-bond acceptors (Lipinski definition) is 6. The van der Waals surface area contributed by atoms with Crippen LogP contribution in [0, 0.1) is 6.92 Å². The predicted octanol–water partition coefficient (Wildman–Crippen LogP) is 2.74. The summed E-state index contributed by atoms with van der Waals surface area (Å²) in [6.07, 6.45) is 4.05. The summed E-state index contributed by atoms with van der Waals surface area (Å²) in [5.41, 5.74) is 0.382. The van der Waals surface area contributed by atoms with Gasteiger partial charge in [-0.15, -0.1) is 0 Å². The number of aromatic amines is 1. The van der Waals surface area contributed by atoms with Crippen molar-refractivity contribution in [2.24, 2.45) is 0 Å². The molecule has 0 atom stereocenters. The van der Waals surface area contributed by atoms with E-state index in [0.29, 0.717) is 41.3 Å². The SMILES string of the molecule is COC(=O)CCCCCCOc1cc2nc(C)[nH]c(=O)c2cc1OC. The molecule has 1 aromatic heterocycles. The third-order valence-electron chi connectivity index (χ3n) is 3.87. The van der Waals surface area contributed by atoms with Gasteiger partial charge in [0.1, 0.15) is 5.82 Å². The number of hydrogen-bond donors (Lipinski definition) is 1. The van der Waals surface area contributed by atoms with Crippen molar-refractivity contribution >= 4 is 16.9 Å². The lowest BCUT2D eigenvalue weighted by Crippen LogP contribution is -2.10. The van der Waals surface area contributed by atoms with Crippen LogP contribution >= 0.6 is 0 Å². The first-order valence-electron chi connectivity index (χ1n) is 8.33. The van der Waals surface area contributed by atoms with Gasteiger partial charge in [0.05, 0.1) is 31.7 Å². The Bertz CT molecular complexity index is 785. The van der Waals surface area contributed by atoms with Crippen molar-refractivity contribution in [3.8, 4) is 11.5 Å². The number of methoxy groups -OCH3 is 2. The number of esters is 1. The van der Waals surface area contributed by atoms with Crippen molar-refractivity contribution in [3.05, 3.63) is 28.3 Å². The third-order valence-corrected chi connectivity index (χ3v) is 3.87. The van der Waals surface area contributed by atoms with Crippen LogP contribution in [0.25, 0.3) is 10.9 Å². The van der Waals surface area contributed by atoms with Crippen molar-refractivity contribution in [2.75, 3.05) is 20.8 Å². The molecule has 0 bridgehead atoms. The Morgan fingerprint density at radius 3 is 2.60 bits per heavy atom. The standard InChI is InChI=1S/C18H24N2O5/c1-12-19-14-11-16(15(23-2)10-13(14)18(22)20-12)25-9-7-5-4-6-8-17(21)24-3/h10-11H,4-9H2,1-3H3,(H,19,20,22).